The third kappa shape index (κ3) is 4.08. The van der Waals surface area contributed by atoms with Crippen molar-refractivity contribution in [2.45, 2.75) is 30.4 Å². The second-order valence-corrected chi connectivity index (χ2v) is 8.31. The molecule has 7 nitrogen and oxygen atoms in total. The maximum atomic E-state index is 12.9. The predicted molar refractivity (Wildman–Crippen MR) is 99.8 cm³/mol. The lowest BCUT2D eigenvalue weighted by molar-refractivity contribution is -0.119. The zero-order chi connectivity index (χ0) is 19.6. The van der Waals surface area contributed by atoms with E-state index in [9.17, 15) is 23.1 Å². The molecule has 2 unspecified atom stereocenters. The second-order valence-electron chi connectivity index (χ2n) is 6.42. The summed E-state index contributed by atoms with van der Waals surface area (Å²) >= 11 is 0. The number of hydrogen-bond donors (Lipinski definition) is 2. The third-order valence-corrected chi connectivity index (χ3v) is 6.33. The number of aliphatic hydroxyl groups excluding tert-OH is 1. The van der Waals surface area contributed by atoms with Crippen molar-refractivity contribution >= 4 is 27.4 Å². The van der Waals surface area contributed by atoms with E-state index in [-0.39, 0.29) is 23.6 Å². The van der Waals surface area contributed by atoms with Gasteiger partial charge in [0.1, 0.15) is 6.04 Å². The van der Waals surface area contributed by atoms with Crippen molar-refractivity contribution in [1.82, 2.24) is 4.31 Å². The van der Waals surface area contributed by atoms with Gasteiger partial charge in [-0.2, -0.15) is 4.31 Å². The summed E-state index contributed by atoms with van der Waals surface area (Å²) in [6.07, 6.45) is -0.900. The maximum absolute atomic E-state index is 12.9. The van der Waals surface area contributed by atoms with Gasteiger partial charge in [-0.3, -0.25) is 9.59 Å². The van der Waals surface area contributed by atoms with E-state index in [4.69, 9.17) is 0 Å². The molecule has 0 saturated carbocycles. The van der Waals surface area contributed by atoms with E-state index in [1.807, 2.05) is 0 Å². The topological polar surface area (TPSA) is 104 Å². The van der Waals surface area contributed by atoms with E-state index in [0.717, 1.165) is 4.31 Å². The van der Waals surface area contributed by atoms with E-state index in [2.05, 4.69) is 5.32 Å². The Kier molecular flexibility index (Phi) is 5.41. The Morgan fingerprint density at radius 3 is 2.30 bits per heavy atom. The number of Topliss-reactive ketones (excluding diaryl/α,β-unsaturated/α-hetero) is 1. The van der Waals surface area contributed by atoms with Crippen LogP contribution >= 0.6 is 0 Å². The number of benzene rings is 2. The number of nitrogens with zero attached hydrogens (tertiary/aromatic N) is 1. The van der Waals surface area contributed by atoms with E-state index in [0.29, 0.717) is 11.3 Å². The van der Waals surface area contributed by atoms with Crippen molar-refractivity contribution in [1.29, 1.82) is 0 Å². The molecule has 2 N–H and O–H groups in total. The molecule has 3 rings (SSSR count). The van der Waals surface area contributed by atoms with Crippen LogP contribution in [0, 0.1) is 0 Å². The molecule has 1 amide bonds. The average Bonchev–Trinajstić information content (AvgIpc) is 3.06. The predicted octanol–water partition coefficient (Wildman–Crippen LogP) is 1.65. The molecule has 1 fully saturated rings. The number of sulfonamides is 1. The van der Waals surface area contributed by atoms with Gasteiger partial charge >= 0.3 is 0 Å². The van der Waals surface area contributed by atoms with Gasteiger partial charge in [0.2, 0.25) is 15.9 Å². The quantitative estimate of drug-likeness (QED) is 0.758. The lowest BCUT2D eigenvalue weighted by Crippen LogP contribution is -2.43. The molecule has 0 radical (unpaired) electrons. The molecule has 27 heavy (non-hydrogen) atoms. The Bertz CT molecular complexity index is 942. The van der Waals surface area contributed by atoms with Crippen molar-refractivity contribution in [2.75, 3.05) is 11.9 Å². The Morgan fingerprint density at radius 1 is 1.07 bits per heavy atom. The summed E-state index contributed by atoms with van der Waals surface area (Å²) in [7, 11) is -3.91. The second kappa shape index (κ2) is 7.59. The van der Waals surface area contributed by atoms with Crippen LogP contribution in [0.2, 0.25) is 0 Å². The van der Waals surface area contributed by atoms with Gasteiger partial charge in [0.05, 0.1) is 11.0 Å². The SMILES string of the molecule is CC(=O)c1ccc(NC(=O)C2CC(O)CN2S(=O)(=O)c2ccccc2)cc1. The van der Waals surface area contributed by atoms with E-state index >= 15 is 0 Å². The number of nitrogens with one attached hydrogen (secondary N) is 1. The first-order valence-corrected chi connectivity index (χ1v) is 9.90. The highest BCUT2D eigenvalue weighted by molar-refractivity contribution is 7.89. The largest absolute Gasteiger partial charge is 0.392 e. The fourth-order valence-corrected chi connectivity index (χ4v) is 4.69. The van der Waals surface area contributed by atoms with Crippen LogP contribution in [0.1, 0.15) is 23.7 Å². The number of ketones is 1. The number of rotatable bonds is 5. The fourth-order valence-electron chi connectivity index (χ4n) is 3.03. The van der Waals surface area contributed by atoms with Crippen molar-refractivity contribution in [2.24, 2.45) is 0 Å². The maximum Gasteiger partial charge on any atom is 0.243 e. The van der Waals surface area contributed by atoms with Crippen LogP contribution in [0.15, 0.2) is 59.5 Å². The van der Waals surface area contributed by atoms with Crippen molar-refractivity contribution < 1.29 is 23.1 Å². The van der Waals surface area contributed by atoms with Gasteiger partial charge in [0, 0.05) is 24.2 Å². The van der Waals surface area contributed by atoms with E-state index in [1.54, 1.807) is 42.5 Å². The molecule has 1 aliphatic rings. The molecule has 1 heterocycles. The summed E-state index contributed by atoms with van der Waals surface area (Å²) in [6.45, 7) is 1.30. The summed E-state index contributed by atoms with van der Waals surface area (Å²) in [5.41, 5.74) is 0.959. The lowest BCUT2D eigenvalue weighted by atomic mass is 10.1. The van der Waals surface area contributed by atoms with Crippen molar-refractivity contribution in [3.05, 3.63) is 60.2 Å². The van der Waals surface area contributed by atoms with Gasteiger partial charge in [-0.25, -0.2) is 8.42 Å². The number of anilines is 1. The Balaban J connectivity index is 1.81. The molecule has 0 spiro atoms. The number of hydrogen-bond acceptors (Lipinski definition) is 5. The van der Waals surface area contributed by atoms with Crippen molar-refractivity contribution in [3.8, 4) is 0 Å². The first-order valence-electron chi connectivity index (χ1n) is 8.46. The van der Waals surface area contributed by atoms with Crippen LogP contribution in [-0.4, -0.2) is 48.2 Å². The van der Waals surface area contributed by atoms with Crippen LogP contribution in [0.25, 0.3) is 0 Å². The highest BCUT2D eigenvalue weighted by Gasteiger charge is 2.43. The minimum atomic E-state index is -3.91. The van der Waals surface area contributed by atoms with Crippen LogP contribution in [0.4, 0.5) is 5.69 Å². The summed E-state index contributed by atoms with van der Waals surface area (Å²) in [5, 5.41) is 12.6. The highest BCUT2D eigenvalue weighted by Crippen LogP contribution is 2.27. The number of β-amino-alcohol motifs (C(OH)–C–C–N with tert-alkyl or cyclic N) is 1. The van der Waals surface area contributed by atoms with Gasteiger partial charge in [-0.1, -0.05) is 18.2 Å². The first-order chi connectivity index (χ1) is 12.8. The van der Waals surface area contributed by atoms with E-state index < -0.39 is 28.1 Å². The van der Waals surface area contributed by atoms with Gasteiger partial charge in [-0.05, 0) is 43.3 Å². The smallest absolute Gasteiger partial charge is 0.243 e. The minimum absolute atomic E-state index is 0.0173. The molecule has 1 saturated heterocycles. The molecule has 8 heteroatoms. The lowest BCUT2D eigenvalue weighted by Gasteiger charge is -2.23. The molecule has 0 bridgehead atoms. The van der Waals surface area contributed by atoms with Crippen LogP contribution < -0.4 is 5.32 Å². The summed E-state index contributed by atoms with van der Waals surface area (Å²) in [4.78, 5) is 24.1. The zero-order valence-corrected chi connectivity index (χ0v) is 15.5. The minimum Gasteiger partial charge on any atom is -0.392 e. The number of aliphatic hydroxyl groups is 1. The summed E-state index contributed by atoms with van der Waals surface area (Å²) < 4.78 is 26.8. The van der Waals surface area contributed by atoms with Gasteiger partial charge in [0.15, 0.2) is 5.78 Å². The van der Waals surface area contributed by atoms with Gasteiger partial charge in [-0.15, -0.1) is 0 Å². The average molecular weight is 388 g/mol. The normalized spacial score (nSPS) is 20.4. The monoisotopic (exact) mass is 388 g/mol. The number of carbonyl (C=O) groups excluding carboxylic acids is 2. The zero-order valence-electron chi connectivity index (χ0n) is 14.7. The third-order valence-electron chi connectivity index (χ3n) is 4.45. The molecular weight excluding hydrogens is 368 g/mol. The first kappa shape index (κ1) is 19.2. The van der Waals surface area contributed by atoms with Crippen LogP contribution in [0.3, 0.4) is 0 Å². The summed E-state index contributed by atoms with van der Waals surface area (Å²) in [5.74, 6) is -0.617. The van der Waals surface area contributed by atoms with Crippen LogP contribution in [0.5, 0.6) is 0 Å². The molecule has 2 atom stereocenters. The number of amides is 1. The highest BCUT2D eigenvalue weighted by atomic mass is 32.2. The molecular formula is C19H20N2O5S. The van der Waals surface area contributed by atoms with Gasteiger partial charge in [0.25, 0.3) is 0 Å². The molecule has 1 aliphatic heterocycles. The fraction of sp³-hybridized carbons (Fsp3) is 0.263. The molecule has 0 aromatic heterocycles. The Hall–Kier alpha value is -2.55. The molecule has 2 aromatic carbocycles. The van der Waals surface area contributed by atoms with E-state index in [1.165, 1.54) is 19.1 Å². The molecule has 0 aliphatic carbocycles. The van der Waals surface area contributed by atoms with Crippen molar-refractivity contribution in [3.63, 3.8) is 0 Å². The molecule has 2 aromatic rings. The number of carbonyl (C=O) groups is 2. The Morgan fingerprint density at radius 2 is 1.70 bits per heavy atom. The molecule has 142 valence electrons. The van der Waals surface area contributed by atoms with Crippen LogP contribution in [-0.2, 0) is 14.8 Å². The summed E-state index contributed by atoms with van der Waals surface area (Å²) in [6, 6.07) is 13.1. The van der Waals surface area contributed by atoms with Gasteiger partial charge < -0.3 is 10.4 Å². The Labute approximate surface area is 157 Å². The standard InChI is InChI=1S/C19H20N2O5S/c1-13(22)14-7-9-15(10-8-14)20-19(24)18-11-16(23)12-21(18)27(25,26)17-5-3-2-4-6-17/h2-10,16,18,23H,11-12H2,1H3,(H,20,24).